The molecule has 0 aliphatic carbocycles. The Bertz CT molecular complexity index is 995. The smallest absolute Gasteiger partial charge is 0.414 e. The lowest BCUT2D eigenvalue weighted by Gasteiger charge is -2.36. The van der Waals surface area contributed by atoms with Crippen LogP contribution in [0.4, 0.5) is 10.5 Å². The topological polar surface area (TPSA) is 94.3 Å². The number of nitrogens with zero attached hydrogens (tertiary/aromatic N) is 3. The predicted molar refractivity (Wildman–Crippen MR) is 114 cm³/mol. The highest BCUT2D eigenvalue weighted by Gasteiger charge is 2.38. The third kappa shape index (κ3) is 4.50. The van der Waals surface area contributed by atoms with Crippen LogP contribution in [0.15, 0.2) is 16.5 Å². The molecule has 1 aliphatic rings. The molecule has 1 aliphatic heterocycles. The van der Waals surface area contributed by atoms with Crippen molar-refractivity contribution in [3.05, 3.63) is 23.6 Å². The highest BCUT2D eigenvalue weighted by Crippen LogP contribution is 2.37. The summed E-state index contributed by atoms with van der Waals surface area (Å²) in [6, 6.07) is 2.97. The Hall–Kier alpha value is -3.09. The molecule has 166 valence electrons. The lowest BCUT2D eigenvalue weighted by Crippen LogP contribution is -2.47. The number of hydrogen-bond acceptors (Lipinski definition) is 7. The Morgan fingerprint density at radius 2 is 2.13 bits per heavy atom. The molecule has 2 aromatic heterocycles. The van der Waals surface area contributed by atoms with Crippen molar-refractivity contribution in [2.24, 2.45) is 0 Å². The first-order chi connectivity index (χ1) is 14.9. The van der Waals surface area contributed by atoms with Gasteiger partial charge < -0.3 is 13.9 Å². The van der Waals surface area contributed by atoms with Crippen LogP contribution in [0, 0.1) is 12.3 Å². The zero-order valence-corrected chi connectivity index (χ0v) is 18.2. The number of fused-ring (bicyclic) bond motifs is 1. The van der Waals surface area contributed by atoms with Crippen LogP contribution in [0.5, 0.6) is 0 Å². The zero-order valence-electron chi connectivity index (χ0n) is 18.2. The van der Waals surface area contributed by atoms with Crippen LogP contribution in [0.1, 0.15) is 49.4 Å². The van der Waals surface area contributed by atoms with Crippen molar-refractivity contribution in [1.29, 1.82) is 0 Å². The molecule has 1 saturated heterocycles. The van der Waals surface area contributed by atoms with E-state index >= 15 is 0 Å². The first-order valence-corrected chi connectivity index (χ1v) is 10.2. The maximum absolute atomic E-state index is 13.1. The minimum absolute atomic E-state index is 0.0103. The van der Waals surface area contributed by atoms with Crippen LogP contribution in [-0.4, -0.2) is 61.6 Å². The molecule has 9 heteroatoms. The first kappa shape index (κ1) is 22.6. The van der Waals surface area contributed by atoms with Crippen molar-refractivity contribution >= 4 is 28.8 Å². The van der Waals surface area contributed by atoms with E-state index in [-0.39, 0.29) is 30.2 Å². The van der Waals surface area contributed by atoms with E-state index in [4.69, 9.17) is 25.2 Å². The van der Waals surface area contributed by atoms with E-state index in [1.165, 1.54) is 19.1 Å². The van der Waals surface area contributed by atoms with E-state index in [1.807, 2.05) is 6.92 Å². The Balaban J connectivity index is 2.23. The van der Waals surface area contributed by atoms with Crippen LogP contribution in [0.3, 0.4) is 0 Å². The molecule has 3 rings (SSSR count). The SMILES string of the molecule is C#Cc1ccc2oc(C(=O)N(C)OC)c(N(C(=O)OCC)[C@H]3CCO[C@@H](CC)C3)c2n1. The lowest BCUT2D eigenvalue weighted by molar-refractivity contribution is -0.0772. The molecule has 0 aromatic carbocycles. The average molecular weight is 429 g/mol. The van der Waals surface area contributed by atoms with Crippen molar-refractivity contribution in [2.75, 3.05) is 32.3 Å². The van der Waals surface area contributed by atoms with Gasteiger partial charge >= 0.3 is 12.0 Å². The third-order valence-corrected chi connectivity index (χ3v) is 5.28. The molecule has 0 N–H and O–H groups in total. The monoisotopic (exact) mass is 429 g/mol. The number of pyridine rings is 1. The number of aromatic nitrogens is 1. The molecular formula is C22H27N3O6. The molecule has 0 radical (unpaired) electrons. The van der Waals surface area contributed by atoms with Gasteiger partial charge in [0.25, 0.3) is 0 Å². The molecule has 9 nitrogen and oxygen atoms in total. The van der Waals surface area contributed by atoms with Gasteiger partial charge in [0.15, 0.2) is 5.58 Å². The molecule has 0 unspecified atom stereocenters. The minimum atomic E-state index is -0.589. The molecule has 2 atom stereocenters. The van der Waals surface area contributed by atoms with Crippen molar-refractivity contribution in [1.82, 2.24) is 10.0 Å². The lowest BCUT2D eigenvalue weighted by atomic mass is 9.99. The average Bonchev–Trinajstić information content (AvgIpc) is 3.16. The minimum Gasteiger partial charge on any atom is -0.449 e. The van der Waals surface area contributed by atoms with E-state index in [9.17, 15) is 9.59 Å². The van der Waals surface area contributed by atoms with Gasteiger partial charge in [0.2, 0.25) is 5.76 Å². The molecule has 31 heavy (non-hydrogen) atoms. The van der Waals surface area contributed by atoms with Gasteiger partial charge in [-0.2, -0.15) is 0 Å². The van der Waals surface area contributed by atoms with E-state index in [0.717, 1.165) is 11.5 Å². The quantitative estimate of drug-likeness (QED) is 0.513. The summed E-state index contributed by atoms with van der Waals surface area (Å²) < 4.78 is 17.0. The molecule has 2 amide bonds. The van der Waals surface area contributed by atoms with E-state index in [1.54, 1.807) is 19.1 Å². The van der Waals surface area contributed by atoms with Crippen molar-refractivity contribution < 1.29 is 28.3 Å². The van der Waals surface area contributed by atoms with Crippen molar-refractivity contribution in [2.45, 2.75) is 45.3 Å². The van der Waals surface area contributed by atoms with Crippen LogP contribution < -0.4 is 4.90 Å². The second kappa shape index (κ2) is 9.81. The number of furan rings is 1. The summed E-state index contributed by atoms with van der Waals surface area (Å²) in [5.41, 5.74) is 1.23. The van der Waals surface area contributed by atoms with Crippen molar-refractivity contribution in [3.63, 3.8) is 0 Å². The number of amides is 2. The van der Waals surface area contributed by atoms with Crippen molar-refractivity contribution in [3.8, 4) is 12.3 Å². The Morgan fingerprint density at radius 3 is 2.77 bits per heavy atom. The maximum atomic E-state index is 13.1. The van der Waals surface area contributed by atoms with Gasteiger partial charge in [-0.1, -0.05) is 12.8 Å². The molecule has 0 saturated carbocycles. The van der Waals surface area contributed by atoms with E-state index in [2.05, 4.69) is 10.9 Å². The summed E-state index contributed by atoms with van der Waals surface area (Å²) in [4.78, 5) is 37.2. The number of hydroxylamine groups is 2. The van der Waals surface area contributed by atoms with Crippen LogP contribution in [0.2, 0.25) is 0 Å². The highest BCUT2D eigenvalue weighted by molar-refractivity contribution is 6.09. The van der Waals surface area contributed by atoms with Gasteiger partial charge in [-0.25, -0.2) is 14.8 Å². The highest BCUT2D eigenvalue weighted by atomic mass is 16.7. The summed E-state index contributed by atoms with van der Waals surface area (Å²) in [5, 5.41) is 1.02. The Kier molecular flexibility index (Phi) is 7.15. The second-order valence-corrected chi connectivity index (χ2v) is 7.10. The molecule has 0 bridgehead atoms. The van der Waals surface area contributed by atoms with Crippen LogP contribution in [0.25, 0.3) is 11.1 Å². The summed E-state index contributed by atoms with van der Waals surface area (Å²) in [6.07, 6.45) is 6.90. The number of carbonyl (C=O) groups excluding carboxylic acids is 2. The fourth-order valence-electron chi connectivity index (χ4n) is 3.63. The van der Waals surface area contributed by atoms with Crippen LogP contribution >= 0.6 is 0 Å². The number of terminal acetylenes is 1. The van der Waals surface area contributed by atoms with Gasteiger partial charge in [-0.3, -0.25) is 14.5 Å². The molecule has 2 aromatic rings. The number of hydrogen-bond donors (Lipinski definition) is 0. The Morgan fingerprint density at radius 1 is 1.35 bits per heavy atom. The van der Waals surface area contributed by atoms with E-state index < -0.39 is 12.0 Å². The second-order valence-electron chi connectivity index (χ2n) is 7.10. The zero-order chi connectivity index (χ0) is 22.5. The fraction of sp³-hybridized carbons (Fsp3) is 0.500. The molecule has 3 heterocycles. The maximum Gasteiger partial charge on any atom is 0.414 e. The first-order valence-electron chi connectivity index (χ1n) is 10.2. The summed E-state index contributed by atoms with van der Waals surface area (Å²) in [7, 11) is 2.82. The van der Waals surface area contributed by atoms with Gasteiger partial charge in [0.05, 0.1) is 19.8 Å². The number of rotatable bonds is 6. The summed E-state index contributed by atoms with van der Waals surface area (Å²) >= 11 is 0. The predicted octanol–water partition coefficient (Wildman–Crippen LogP) is 3.36. The summed E-state index contributed by atoms with van der Waals surface area (Å²) in [6.45, 7) is 4.41. The number of ether oxygens (including phenoxy) is 2. The Labute approximate surface area is 181 Å². The fourth-order valence-corrected chi connectivity index (χ4v) is 3.63. The standard InChI is InChI=1S/C22H27N3O6/c1-6-14-9-10-17-18(23-14)19(20(31-17)21(26)24(4)28-5)25(22(27)29-8-3)15-11-12-30-16(7-2)13-15/h1,9-10,15-16H,7-8,11-13H2,2-5H3/t15-,16-/m0/s1. The summed E-state index contributed by atoms with van der Waals surface area (Å²) in [5.74, 6) is 1.84. The largest absolute Gasteiger partial charge is 0.449 e. The van der Waals surface area contributed by atoms with Gasteiger partial charge in [-0.05, 0) is 38.3 Å². The molecular weight excluding hydrogens is 402 g/mol. The molecule has 1 fully saturated rings. The van der Waals surface area contributed by atoms with E-state index in [0.29, 0.717) is 36.2 Å². The third-order valence-electron chi connectivity index (χ3n) is 5.28. The van der Waals surface area contributed by atoms with Gasteiger partial charge in [0.1, 0.15) is 16.9 Å². The number of anilines is 1. The van der Waals surface area contributed by atoms with Crippen LogP contribution in [-0.2, 0) is 14.3 Å². The number of carbonyl (C=O) groups is 2. The van der Waals surface area contributed by atoms with Gasteiger partial charge in [0, 0.05) is 19.7 Å². The normalized spacial score (nSPS) is 18.4. The van der Waals surface area contributed by atoms with Gasteiger partial charge in [-0.15, -0.1) is 6.42 Å². The molecule has 0 spiro atoms.